The van der Waals surface area contributed by atoms with Gasteiger partial charge in [-0.05, 0) is 50.4 Å². The van der Waals surface area contributed by atoms with E-state index < -0.39 is 0 Å². The van der Waals surface area contributed by atoms with Gasteiger partial charge in [0.2, 0.25) is 5.91 Å². The summed E-state index contributed by atoms with van der Waals surface area (Å²) in [6.45, 7) is 2.06. The van der Waals surface area contributed by atoms with Gasteiger partial charge in [-0.2, -0.15) is 0 Å². The first-order valence-electron chi connectivity index (χ1n) is 8.13. The zero-order chi connectivity index (χ0) is 12.4. The molecule has 0 aromatic rings. The first-order valence-corrected chi connectivity index (χ1v) is 8.13. The van der Waals surface area contributed by atoms with Crippen molar-refractivity contribution in [2.24, 2.45) is 17.8 Å². The first kappa shape index (κ1) is 12.5. The number of likely N-dealkylation sites (tertiary alicyclic amines) is 1. The van der Waals surface area contributed by atoms with Gasteiger partial charge in [-0.15, -0.1) is 0 Å². The molecule has 0 spiro atoms. The van der Waals surface area contributed by atoms with E-state index in [0.717, 1.165) is 24.9 Å². The number of hydrogen-bond donors (Lipinski definition) is 0. The summed E-state index contributed by atoms with van der Waals surface area (Å²) in [4.78, 5) is 14.7. The molecule has 3 fully saturated rings. The second kappa shape index (κ2) is 5.63. The van der Waals surface area contributed by atoms with Gasteiger partial charge in [0.1, 0.15) is 0 Å². The second-order valence-corrected chi connectivity index (χ2v) is 6.70. The summed E-state index contributed by atoms with van der Waals surface area (Å²) in [6.07, 6.45) is 13.2. The van der Waals surface area contributed by atoms with Gasteiger partial charge in [-0.3, -0.25) is 4.79 Å². The average molecular weight is 249 g/mol. The van der Waals surface area contributed by atoms with Crippen LogP contribution in [-0.2, 0) is 4.79 Å². The summed E-state index contributed by atoms with van der Waals surface area (Å²) < 4.78 is 0. The number of nitrogens with zero attached hydrogens (tertiary/aromatic N) is 1. The van der Waals surface area contributed by atoms with Gasteiger partial charge in [0.15, 0.2) is 0 Å². The number of amides is 1. The maximum Gasteiger partial charge on any atom is 0.225 e. The highest BCUT2D eigenvalue weighted by Crippen LogP contribution is 2.43. The minimum Gasteiger partial charge on any atom is -0.342 e. The summed E-state index contributed by atoms with van der Waals surface area (Å²) in [7, 11) is 0. The molecular weight excluding hydrogens is 222 g/mol. The number of carbonyl (C=O) groups is 1. The highest BCUT2D eigenvalue weighted by atomic mass is 16.2. The molecule has 2 nitrogen and oxygen atoms in total. The van der Waals surface area contributed by atoms with E-state index in [-0.39, 0.29) is 0 Å². The Morgan fingerprint density at radius 1 is 0.778 bits per heavy atom. The van der Waals surface area contributed by atoms with E-state index in [9.17, 15) is 4.79 Å². The largest absolute Gasteiger partial charge is 0.342 e. The maximum absolute atomic E-state index is 12.6. The van der Waals surface area contributed by atoms with E-state index >= 15 is 0 Å². The standard InChI is InChI=1S/C16H27NO/c18-16(17-10-4-1-5-11-17)15-9-8-13-6-2-3-7-14(13)12-15/h13-15H,1-12H2. The highest BCUT2D eigenvalue weighted by molar-refractivity contribution is 5.79. The topological polar surface area (TPSA) is 20.3 Å². The Hall–Kier alpha value is -0.530. The molecule has 1 amide bonds. The van der Waals surface area contributed by atoms with Crippen molar-refractivity contribution in [2.45, 2.75) is 64.2 Å². The van der Waals surface area contributed by atoms with Crippen LogP contribution < -0.4 is 0 Å². The van der Waals surface area contributed by atoms with E-state index in [1.165, 1.54) is 64.2 Å². The van der Waals surface area contributed by atoms with Gasteiger partial charge < -0.3 is 4.90 Å². The van der Waals surface area contributed by atoms with Gasteiger partial charge >= 0.3 is 0 Å². The molecule has 2 aliphatic carbocycles. The minimum atomic E-state index is 0.377. The molecule has 2 saturated carbocycles. The lowest BCUT2D eigenvalue weighted by Crippen LogP contribution is -2.42. The van der Waals surface area contributed by atoms with Gasteiger partial charge in [0, 0.05) is 19.0 Å². The molecule has 0 aromatic heterocycles. The molecule has 0 radical (unpaired) electrons. The second-order valence-electron chi connectivity index (χ2n) is 6.70. The third kappa shape index (κ3) is 2.57. The highest BCUT2D eigenvalue weighted by Gasteiger charge is 2.36. The Bertz CT molecular complexity index is 295. The first-order chi connectivity index (χ1) is 8.84. The van der Waals surface area contributed by atoms with Crippen molar-refractivity contribution < 1.29 is 4.79 Å². The molecule has 0 aromatic carbocycles. The number of rotatable bonds is 1. The molecule has 18 heavy (non-hydrogen) atoms. The molecule has 1 aliphatic heterocycles. The van der Waals surface area contributed by atoms with E-state index in [4.69, 9.17) is 0 Å². The number of fused-ring (bicyclic) bond motifs is 1. The summed E-state index contributed by atoms with van der Waals surface area (Å²) in [5, 5.41) is 0. The van der Waals surface area contributed by atoms with Crippen LogP contribution >= 0.6 is 0 Å². The van der Waals surface area contributed by atoms with Crippen molar-refractivity contribution in [3.05, 3.63) is 0 Å². The van der Waals surface area contributed by atoms with E-state index in [2.05, 4.69) is 4.90 Å². The third-order valence-corrected chi connectivity index (χ3v) is 5.56. The van der Waals surface area contributed by atoms with Gasteiger partial charge in [0.25, 0.3) is 0 Å². The van der Waals surface area contributed by atoms with Crippen LogP contribution in [0.15, 0.2) is 0 Å². The fraction of sp³-hybridized carbons (Fsp3) is 0.938. The van der Waals surface area contributed by atoms with E-state index in [1.54, 1.807) is 0 Å². The fourth-order valence-corrected chi connectivity index (χ4v) is 4.47. The third-order valence-electron chi connectivity index (χ3n) is 5.56. The molecule has 3 aliphatic rings. The smallest absolute Gasteiger partial charge is 0.225 e. The van der Waals surface area contributed by atoms with Gasteiger partial charge in [-0.25, -0.2) is 0 Å². The average Bonchev–Trinajstić information content (AvgIpc) is 2.47. The molecule has 3 unspecified atom stereocenters. The quantitative estimate of drug-likeness (QED) is 0.695. The number of piperidine rings is 1. The summed E-state index contributed by atoms with van der Waals surface area (Å²) in [6, 6.07) is 0. The van der Waals surface area contributed by atoms with Crippen molar-refractivity contribution in [1.82, 2.24) is 4.90 Å². The maximum atomic E-state index is 12.6. The van der Waals surface area contributed by atoms with Crippen LogP contribution in [0.4, 0.5) is 0 Å². The molecular formula is C16H27NO. The van der Waals surface area contributed by atoms with Crippen molar-refractivity contribution in [2.75, 3.05) is 13.1 Å². The minimum absolute atomic E-state index is 0.377. The van der Waals surface area contributed by atoms with Crippen LogP contribution in [0.1, 0.15) is 64.2 Å². The van der Waals surface area contributed by atoms with Crippen molar-refractivity contribution in [1.29, 1.82) is 0 Å². The Morgan fingerprint density at radius 2 is 1.50 bits per heavy atom. The van der Waals surface area contributed by atoms with Crippen molar-refractivity contribution >= 4 is 5.91 Å². The van der Waals surface area contributed by atoms with Crippen molar-refractivity contribution in [3.63, 3.8) is 0 Å². The fourth-order valence-electron chi connectivity index (χ4n) is 4.47. The lowest BCUT2D eigenvalue weighted by atomic mass is 9.67. The van der Waals surface area contributed by atoms with Gasteiger partial charge in [-0.1, -0.05) is 25.7 Å². The molecule has 0 N–H and O–H groups in total. The zero-order valence-electron chi connectivity index (χ0n) is 11.6. The number of hydrogen-bond acceptors (Lipinski definition) is 1. The molecule has 1 saturated heterocycles. The lowest BCUT2D eigenvalue weighted by molar-refractivity contribution is -0.138. The molecule has 3 rings (SSSR count). The van der Waals surface area contributed by atoms with E-state index in [1.807, 2.05) is 0 Å². The Labute approximate surface area is 111 Å². The van der Waals surface area contributed by atoms with Crippen LogP contribution in [0.25, 0.3) is 0 Å². The predicted molar refractivity (Wildman–Crippen MR) is 73.2 cm³/mol. The van der Waals surface area contributed by atoms with Crippen LogP contribution in [-0.4, -0.2) is 23.9 Å². The molecule has 1 heterocycles. The Balaban J connectivity index is 1.57. The van der Waals surface area contributed by atoms with Crippen LogP contribution in [0.5, 0.6) is 0 Å². The SMILES string of the molecule is O=C(C1CCC2CCCCC2C1)N1CCCCC1. The summed E-state index contributed by atoms with van der Waals surface area (Å²) in [5.74, 6) is 2.72. The molecule has 2 heteroatoms. The van der Waals surface area contributed by atoms with Crippen molar-refractivity contribution in [3.8, 4) is 0 Å². The molecule has 0 bridgehead atoms. The zero-order valence-corrected chi connectivity index (χ0v) is 11.6. The molecule has 102 valence electrons. The Morgan fingerprint density at radius 3 is 2.28 bits per heavy atom. The normalized spacial score (nSPS) is 37.1. The summed E-state index contributed by atoms with van der Waals surface area (Å²) in [5.41, 5.74) is 0. The summed E-state index contributed by atoms with van der Waals surface area (Å²) >= 11 is 0. The monoisotopic (exact) mass is 249 g/mol. The Kier molecular flexibility index (Phi) is 3.91. The van der Waals surface area contributed by atoms with Crippen LogP contribution in [0.3, 0.4) is 0 Å². The van der Waals surface area contributed by atoms with Gasteiger partial charge in [0.05, 0.1) is 0 Å². The predicted octanol–water partition coefficient (Wildman–Crippen LogP) is 3.61. The van der Waals surface area contributed by atoms with E-state index in [0.29, 0.717) is 11.8 Å². The molecule has 3 atom stereocenters. The lowest BCUT2D eigenvalue weighted by Gasteiger charge is -2.40. The van der Waals surface area contributed by atoms with Crippen LogP contribution in [0.2, 0.25) is 0 Å². The number of carbonyl (C=O) groups excluding carboxylic acids is 1. The van der Waals surface area contributed by atoms with Crippen LogP contribution in [0, 0.1) is 17.8 Å².